The molecular formula is C25H43N5S. The Labute approximate surface area is 193 Å². The Morgan fingerprint density at radius 3 is 1.55 bits per heavy atom. The first-order chi connectivity index (χ1) is 15.0. The maximum Gasteiger partial charge on any atom is 0.0556 e. The van der Waals surface area contributed by atoms with Crippen LogP contribution in [-0.2, 0) is 13.1 Å². The lowest BCUT2D eigenvalue weighted by molar-refractivity contribution is 0.266. The second kappa shape index (κ2) is 11.0. The molecule has 4 N–H and O–H groups in total. The van der Waals surface area contributed by atoms with Gasteiger partial charge in [0.2, 0.25) is 0 Å². The molecule has 6 heteroatoms. The number of pyridine rings is 1. The SMILES string of the molecule is CC(C)(C)Sc1cc2nc(c1)CN[C@@H]1CCCC[C@H]1NCCN[C@@H]1CCCC[C@H]1NC2. The molecule has 5 nitrogen and oxygen atoms in total. The van der Waals surface area contributed by atoms with E-state index in [9.17, 15) is 0 Å². The number of fused-ring (bicyclic) bond motifs is 4. The van der Waals surface area contributed by atoms with Crippen LogP contribution in [0.25, 0.3) is 0 Å². The maximum absolute atomic E-state index is 5.07. The van der Waals surface area contributed by atoms with Crippen LogP contribution >= 0.6 is 11.8 Å². The number of nitrogens with one attached hydrogen (secondary N) is 4. The Hall–Kier alpha value is -0.660. The average molecular weight is 446 g/mol. The molecule has 31 heavy (non-hydrogen) atoms. The summed E-state index contributed by atoms with van der Waals surface area (Å²) < 4.78 is 0.201. The molecule has 0 unspecified atom stereocenters. The first-order valence-electron chi connectivity index (χ1n) is 12.6. The molecule has 2 saturated carbocycles. The van der Waals surface area contributed by atoms with Gasteiger partial charge in [0, 0.05) is 60.0 Å². The van der Waals surface area contributed by atoms with Gasteiger partial charge in [0.1, 0.15) is 0 Å². The third kappa shape index (κ3) is 7.16. The van der Waals surface area contributed by atoms with Crippen molar-refractivity contribution in [3.8, 4) is 0 Å². The summed E-state index contributed by atoms with van der Waals surface area (Å²) >= 11 is 1.95. The summed E-state index contributed by atoms with van der Waals surface area (Å²) in [5.74, 6) is 0. The second-order valence-electron chi connectivity index (χ2n) is 10.7. The lowest BCUT2D eigenvalue weighted by atomic mass is 9.89. The molecule has 174 valence electrons. The molecule has 1 aliphatic heterocycles. The molecule has 1 aromatic rings. The van der Waals surface area contributed by atoms with Crippen molar-refractivity contribution >= 4 is 11.8 Å². The van der Waals surface area contributed by atoms with Gasteiger partial charge in [-0.05, 0) is 37.8 Å². The van der Waals surface area contributed by atoms with E-state index in [-0.39, 0.29) is 4.75 Å². The van der Waals surface area contributed by atoms with Crippen molar-refractivity contribution in [1.82, 2.24) is 26.3 Å². The van der Waals surface area contributed by atoms with Gasteiger partial charge in [-0.3, -0.25) is 4.98 Å². The molecular weight excluding hydrogens is 402 g/mol. The van der Waals surface area contributed by atoms with Gasteiger partial charge in [0.05, 0.1) is 11.4 Å². The second-order valence-corrected chi connectivity index (χ2v) is 12.6. The van der Waals surface area contributed by atoms with Crippen LogP contribution in [0.1, 0.15) is 83.5 Å². The first-order valence-corrected chi connectivity index (χ1v) is 13.4. The lowest BCUT2D eigenvalue weighted by Crippen LogP contribution is -2.53. The van der Waals surface area contributed by atoms with Gasteiger partial charge in [-0.15, -0.1) is 11.8 Å². The lowest BCUT2D eigenvalue weighted by Gasteiger charge is -2.34. The monoisotopic (exact) mass is 445 g/mol. The highest BCUT2D eigenvalue weighted by atomic mass is 32.2. The van der Waals surface area contributed by atoms with Gasteiger partial charge in [-0.25, -0.2) is 0 Å². The molecule has 2 fully saturated rings. The summed E-state index contributed by atoms with van der Waals surface area (Å²) in [4.78, 5) is 6.41. The molecule has 4 atom stereocenters. The third-order valence-electron chi connectivity index (χ3n) is 6.89. The van der Waals surface area contributed by atoms with Crippen LogP contribution in [0.4, 0.5) is 0 Å². The molecule has 0 amide bonds. The zero-order valence-corrected chi connectivity index (χ0v) is 20.6. The van der Waals surface area contributed by atoms with Gasteiger partial charge in [-0.2, -0.15) is 0 Å². The standard InChI is InChI=1S/C25H43N5S/c1-25(2,3)31-20-14-18-16-28-23-10-6-4-8-21(23)26-12-13-27-22-9-5-7-11-24(22)29-17-19(15-20)30-18/h14-15,21-24,26-29H,4-13,16-17H2,1-3H3/t21-,22-,23-,24-/m1/s1. The van der Waals surface area contributed by atoms with Crippen molar-refractivity contribution in [2.75, 3.05) is 13.1 Å². The maximum atomic E-state index is 5.07. The first kappa shape index (κ1) is 23.5. The van der Waals surface area contributed by atoms with Gasteiger partial charge in [0.15, 0.2) is 0 Å². The summed E-state index contributed by atoms with van der Waals surface area (Å²) in [6.45, 7) is 10.7. The van der Waals surface area contributed by atoms with E-state index in [1.165, 1.54) is 67.6 Å². The highest BCUT2D eigenvalue weighted by Gasteiger charge is 2.27. The van der Waals surface area contributed by atoms with E-state index in [2.05, 4.69) is 54.2 Å². The molecule has 0 aromatic carbocycles. The highest BCUT2D eigenvalue weighted by Crippen LogP contribution is 2.32. The molecule has 4 rings (SSSR count). The number of rotatable bonds is 1. The minimum absolute atomic E-state index is 0.201. The Morgan fingerprint density at radius 1 is 0.710 bits per heavy atom. The van der Waals surface area contributed by atoms with Crippen molar-refractivity contribution in [1.29, 1.82) is 0 Å². The Bertz CT molecular complexity index is 655. The third-order valence-corrected chi connectivity index (χ3v) is 7.97. The minimum atomic E-state index is 0.201. The van der Waals surface area contributed by atoms with Crippen LogP contribution in [-0.4, -0.2) is 47.0 Å². The number of aromatic nitrogens is 1. The summed E-state index contributed by atoms with van der Waals surface area (Å²) in [6, 6.07) is 6.86. The molecule has 0 radical (unpaired) electrons. The molecule has 2 heterocycles. The topological polar surface area (TPSA) is 61.0 Å². The van der Waals surface area contributed by atoms with Crippen molar-refractivity contribution in [3.05, 3.63) is 23.5 Å². The zero-order valence-electron chi connectivity index (χ0n) is 19.8. The molecule has 3 aliphatic rings. The van der Waals surface area contributed by atoms with Crippen LogP contribution in [0, 0.1) is 0 Å². The molecule has 1 aromatic heterocycles. The van der Waals surface area contributed by atoms with Gasteiger partial charge in [-0.1, -0.05) is 46.5 Å². The van der Waals surface area contributed by atoms with Crippen LogP contribution in [0.5, 0.6) is 0 Å². The van der Waals surface area contributed by atoms with E-state index in [0.29, 0.717) is 24.2 Å². The summed E-state index contributed by atoms with van der Waals surface area (Å²) in [6.07, 6.45) is 10.5. The summed E-state index contributed by atoms with van der Waals surface area (Å²) in [5.41, 5.74) is 2.37. The predicted octanol–water partition coefficient (Wildman–Crippen LogP) is 3.97. The number of hydrogen-bond donors (Lipinski definition) is 4. The highest BCUT2D eigenvalue weighted by molar-refractivity contribution is 8.00. The zero-order chi connectivity index (χ0) is 21.7. The van der Waals surface area contributed by atoms with E-state index in [0.717, 1.165) is 26.2 Å². The van der Waals surface area contributed by atoms with Gasteiger partial charge < -0.3 is 21.3 Å². The molecule has 0 saturated heterocycles. The Morgan fingerprint density at radius 2 is 1.13 bits per heavy atom. The predicted molar refractivity (Wildman–Crippen MR) is 132 cm³/mol. The van der Waals surface area contributed by atoms with E-state index >= 15 is 0 Å². The molecule has 2 bridgehead atoms. The van der Waals surface area contributed by atoms with Crippen LogP contribution in [0.3, 0.4) is 0 Å². The van der Waals surface area contributed by atoms with Crippen molar-refractivity contribution < 1.29 is 0 Å². The van der Waals surface area contributed by atoms with Crippen LogP contribution in [0.2, 0.25) is 0 Å². The largest absolute Gasteiger partial charge is 0.311 e. The quantitative estimate of drug-likeness (QED) is 0.491. The van der Waals surface area contributed by atoms with Gasteiger partial charge >= 0.3 is 0 Å². The average Bonchev–Trinajstić information content (AvgIpc) is 2.73. The van der Waals surface area contributed by atoms with Gasteiger partial charge in [0.25, 0.3) is 0 Å². The van der Waals surface area contributed by atoms with Crippen molar-refractivity contribution in [3.63, 3.8) is 0 Å². The van der Waals surface area contributed by atoms with Crippen LogP contribution in [0.15, 0.2) is 17.0 Å². The number of hydrogen-bond acceptors (Lipinski definition) is 6. The summed E-state index contributed by atoms with van der Waals surface area (Å²) in [7, 11) is 0. The Balaban J connectivity index is 1.55. The Kier molecular flexibility index (Phi) is 8.32. The minimum Gasteiger partial charge on any atom is -0.311 e. The number of nitrogens with zero attached hydrogens (tertiary/aromatic N) is 1. The fraction of sp³-hybridized carbons (Fsp3) is 0.800. The fourth-order valence-electron chi connectivity index (χ4n) is 5.44. The van der Waals surface area contributed by atoms with E-state index < -0.39 is 0 Å². The normalized spacial score (nSPS) is 31.1. The molecule has 0 spiro atoms. The van der Waals surface area contributed by atoms with E-state index in [1.54, 1.807) is 0 Å². The van der Waals surface area contributed by atoms with Crippen molar-refractivity contribution in [2.24, 2.45) is 0 Å². The smallest absolute Gasteiger partial charge is 0.0556 e. The molecule has 2 aliphatic carbocycles. The van der Waals surface area contributed by atoms with E-state index in [1.807, 2.05) is 11.8 Å². The summed E-state index contributed by atoms with van der Waals surface area (Å²) in [5, 5.41) is 15.5. The fourth-order valence-corrected chi connectivity index (χ4v) is 6.54. The van der Waals surface area contributed by atoms with Crippen molar-refractivity contribution in [2.45, 2.75) is 119 Å². The number of thioether (sulfide) groups is 1. The van der Waals surface area contributed by atoms with Crippen LogP contribution < -0.4 is 21.3 Å². The van der Waals surface area contributed by atoms with E-state index in [4.69, 9.17) is 4.98 Å².